The number of aromatic nitrogens is 2. The Labute approximate surface area is 90.3 Å². The lowest BCUT2D eigenvalue weighted by atomic mass is 10.3. The van der Waals surface area contributed by atoms with Crippen LogP contribution in [0.4, 0.5) is 11.6 Å². The highest BCUT2D eigenvalue weighted by molar-refractivity contribution is 5.41. The zero-order chi connectivity index (χ0) is 11.1. The van der Waals surface area contributed by atoms with Crippen LogP contribution in [0.1, 0.15) is 13.8 Å². The molecule has 0 spiro atoms. The van der Waals surface area contributed by atoms with Crippen LogP contribution >= 0.6 is 0 Å². The number of hydrogen-bond donors (Lipinski definition) is 2. The van der Waals surface area contributed by atoms with Crippen LogP contribution in [0.25, 0.3) is 0 Å². The molecule has 1 heterocycles. The van der Waals surface area contributed by atoms with E-state index in [0.29, 0.717) is 6.61 Å². The molecule has 84 valence electrons. The fourth-order valence-electron chi connectivity index (χ4n) is 1.25. The summed E-state index contributed by atoms with van der Waals surface area (Å²) < 4.78 is 5.03. The van der Waals surface area contributed by atoms with Crippen molar-refractivity contribution in [2.75, 3.05) is 30.9 Å². The quantitative estimate of drug-likeness (QED) is 0.742. The minimum Gasteiger partial charge on any atom is -0.383 e. The van der Waals surface area contributed by atoms with Crippen molar-refractivity contribution in [2.24, 2.45) is 0 Å². The zero-order valence-corrected chi connectivity index (χ0v) is 9.45. The standard InChI is InChI=1S/C10H18N4O/c1-4-12-9-5-11-6-10(14-9)13-8(2)7-15-3/h5-6,8H,4,7H2,1-3H3,(H2,12,13,14). The summed E-state index contributed by atoms with van der Waals surface area (Å²) in [6, 6.07) is 0.223. The lowest BCUT2D eigenvalue weighted by Crippen LogP contribution is -2.21. The molecule has 0 aliphatic carbocycles. The first-order chi connectivity index (χ1) is 7.26. The molecule has 0 fully saturated rings. The number of methoxy groups -OCH3 is 1. The van der Waals surface area contributed by atoms with Crippen LogP contribution < -0.4 is 10.6 Å². The summed E-state index contributed by atoms with van der Waals surface area (Å²) in [6.45, 7) is 5.54. The first kappa shape index (κ1) is 11.7. The Morgan fingerprint density at radius 3 is 2.80 bits per heavy atom. The van der Waals surface area contributed by atoms with Gasteiger partial charge in [0.15, 0.2) is 0 Å². The largest absolute Gasteiger partial charge is 0.383 e. The van der Waals surface area contributed by atoms with Gasteiger partial charge < -0.3 is 15.4 Å². The van der Waals surface area contributed by atoms with Gasteiger partial charge in [0.25, 0.3) is 0 Å². The molecule has 1 rings (SSSR count). The van der Waals surface area contributed by atoms with E-state index in [9.17, 15) is 0 Å². The Morgan fingerprint density at radius 2 is 2.13 bits per heavy atom. The molecule has 2 N–H and O–H groups in total. The van der Waals surface area contributed by atoms with Crippen molar-refractivity contribution in [3.05, 3.63) is 12.4 Å². The topological polar surface area (TPSA) is 59.1 Å². The second kappa shape index (κ2) is 6.19. The Balaban J connectivity index is 2.56. The summed E-state index contributed by atoms with van der Waals surface area (Å²) in [6.07, 6.45) is 3.41. The molecular weight excluding hydrogens is 192 g/mol. The van der Waals surface area contributed by atoms with Crippen molar-refractivity contribution in [1.29, 1.82) is 0 Å². The third-order valence-electron chi connectivity index (χ3n) is 1.80. The van der Waals surface area contributed by atoms with Crippen LogP contribution in [-0.2, 0) is 4.74 Å². The molecule has 1 aromatic rings. The van der Waals surface area contributed by atoms with Gasteiger partial charge in [0.2, 0.25) is 0 Å². The fraction of sp³-hybridized carbons (Fsp3) is 0.600. The second-order valence-electron chi connectivity index (χ2n) is 3.32. The van der Waals surface area contributed by atoms with Gasteiger partial charge in [-0.1, -0.05) is 0 Å². The number of ether oxygens (including phenoxy) is 1. The van der Waals surface area contributed by atoms with E-state index in [4.69, 9.17) is 4.74 Å². The molecule has 0 aromatic carbocycles. The summed E-state index contributed by atoms with van der Waals surface area (Å²) in [7, 11) is 1.68. The van der Waals surface area contributed by atoms with E-state index in [0.717, 1.165) is 18.2 Å². The summed E-state index contributed by atoms with van der Waals surface area (Å²) in [5.41, 5.74) is 0. The third kappa shape index (κ3) is 4.12. The Hall–Kier alpha value is -1.36. The highest BCUT2D eigenvalue weighted by atomic mass is 16.5. The molecule has 0 saturated heterocycles. The molecule has 0 saturated carbocycles. The summed E-state index contributed by atoms with van der Waals surface area (Å²) >= 11 is 0. The maximum absolute atomic E-state index is 5.03. The van der Waals surface area contributed by atoms with E-state index in [1.165, 1.54) is 0 Å². The molecule has 0 bridgehead atoms. The summed E-state index contributed by atoms with van der Waals surface area (Å²) in [4.78, 5) is 8.43. The van der Waals surface area contributed by atoms with E-state index in [2.05, 4.69) is 20.6 Å². The maximum atomic E-state index is 5.03. The van der Waals surface area contributed by atoms with Crippen LogP contribution in [0.5, 0.6) is 0 Å². The third-order valence-corrected chi connectivity index (χ3v) is 1.80. The van der Waals surface area contributed by atoms with Gasteiger partial charge in [0, 0.05) is 19.7 Å². The van der Waals surface area contributed by atoms with E-state index < -0.39 is 0 Å². The van der Waals surface area contributed by atoms with Crippen molar-refractivity contribution < 1.29 is 4.74 Å². The SMILES string of the molecule is CCNc1cncc(NC(C)COC)n1. The Morgan fingerprint density at radius 1 is 1.40 bits per heavy atom. The minimum absolute atomic E-state index is 0.223. The van der Waals surface area contributed by atoms with Crippen LogP contribution in [0.15, 0.2) is 12.4 Å². The molecule has 1 aromatic heterocycles. The van der Waals surface area contributed by atoms with Crippen molar-refractivity contribution in [3.8, 4) is 0 Å². The van der Waals surface area contributed by atoms with Gasteiger partial charge in [0.05, 0.1) is 19.0 Å². The van der Waals surface area contributed by atoms with E-state index >= 15 is 0 Å². The molecule has 0 aliphatic heterocycles. The molecule has 0 aliphatic rings. The number of hydrogen-bond acceptors (Lipinski definition) is 5. The Bertz CT molecular complexity index is 293. The zero-order valence-electron chi connectivity index (χ0n) is 9.45. The van der Waals surface area contributed by atoms with Gasteiger partial charge in [-0.15, -0.1) is 0 Å². The monoisotopic (exact) mass is 210 g/mol. The number of rotatable bonds is 6. The first-order valence-electron chi connectivity index (χ1n) is 5.07. The number of nitrogens with one attached hydrogen (secondary N) is 2. The van der Waals surface area contributed by atoms with Crippen molar-refractivity contribution in [1.82, 2.24) is 9.97 Å². The van der Waals surface area contributed by atoms with Crippen LogP contribution in [0, 0.1) is 0 Å². The maximum Gasteiger partial charge on any atom is 0.147 e. The molecule has 0 amide bonds. The predicted molar refractivity (Wildman–Crippen MR) is 61.2 cm³/mol. The molecule has 1 unspecified atom stereocenters. The van der Waals surface area contributed by atoms with Gasteiger partial charge in [-0.2, -0.15) is 0 Å². The van der Waals surface area contributed by atoms with E-state index in [1.807, 2.05) is 13.8 Å². The number of anilines is 2. The molecule has 5 nitrogen and oxygen atoms in total. The average Bonchev–Trinajstić information content (AvgIpc) is 2.19. The molecule has 15 heavy (non-hydrogen) atoms. The van der Waals surface area contributed by atoms with Crippen molar-refractivity contribution in [3.63, 3.8) is 0 Å². The molecule has 5 heteroatoms. The van der Waals surface area contributed by atoms with E-state index in [1.54, 1.807) is 19.5 Å². The Kier molecular flexibility index (Phi) is 4.83. The van der Waals surface area contributed by atoms with Crippen LogP contribution in [0.3, 0.4) is 0 Å². The number of nitrogens with zero attached hydrogens (tertiary/aromatic N) is 2. The van der Waals surface area contributed by atoms with Crippen molar-refractivity contribution in [2.45, 2.75) is 19.9 Å². The fourth-order valence-corrected chi connectivity index (χ4v) is 1.25. The lowest BCUT2D eigenvalue weighted by Gasteiger charge is -2.13. The molecule has 1 atom stereocenters. The predicted octanol–water partition coefficient (Wildman–Crippen LogP) is 1.36. The van der Waals surface area contributed by atoms with Crippen LogP contribution in [0.2, 0.25) is 0 Å². The smallest absolute Gasteiger partial charge is 0.147 e. The van der Waals surface area contributed by atoms with Gasteiger partial charge in [-0.25, -0.2) is 4.98 Å². The van der Waals surface area contributed by atoms with Gasteiger partial charge in [-0.3, -0.25) is 4.98 Å². The average molecular weight is 210 g/mol. The van der Waals surface area contributed by atoms with Crippen molar-refractivity contribution >= 4 is 11.6 Å². The van der Waals surface area contributed by atoms with Crippen LogP contribution in [-0.4, -0.2) is 36.3 Å². The van der Waals surface area contributed by atoms with Gasteiger partial charge in [-0.05, 0) is 13.8 Å². The highest BCUT2D eigenvalue weighted by Gasteiger charge is 2.02. The van der Waals surface area contributed by atoms with E-state index in [-0.39, 0.29) is 6.04 Å². The van der Waals surface area contributed by atoms with Gasteiger partial charge >= 0.3 is 0 Å². The second-order valence-corrected chi connectivity index (χ2v) is 3.32. The van der Waals surface area contributed by atoms with Gasteiger partial charge in [0.1, 0.15) is 11.6 Å². The summed E-state index contributed by atoms with van der Waals surface area (Å²) in [5.74, 6) is 1.55. The first-order valence-corrected chi connectivity index (χ1v) is 5.07. The lowest BCUT2D eigenvalue weighted by molar-refractivity contribution is 0.190. The highest BCUT2D eigenvalue weighted by Crippen LogP contribution is 2.07. The minimum atomic E-state index is 0.223. The molecule has 0 radical (unpaired) electrons. The normalized spacial score (nSPS) is 12.2. The summed E-state index contributed by atoms with van der Waals surface area (Å²) in [5, 5.41) is 6.31. The molecular formula is C10H18N4O.